The smallest absolute Gasteiger partial charge is 0.261 e. The van der Waals surface area contributed by atoms with E-state index in [9.17, 15) is 0 Å². The summed E-state index contributed by atoms with van der Waals surface area (Å²) < 4.78 is 0. The first-order valence-corrected chi connectivity index (χ1v) is 47.7. The van der Waals surface area contributed by atoms with E-state index in [2.05, 4.69) is 136 Å². The molecule has 2 aliphatic rings. The molecule has 0 fully saturated rings. The lowest BCUT2D eigenvalue weighted by Crippen LogP contribution is -2.43. The summed E-state index contributed by atoms with van der Waals surface area (Å²) >= 11 is 10.6. The van der Waals surface area contributed by atoms with Gasteiger partial charge in [0.1, 0.15) is 0 Å². The maximum Gasteiger partial charge on any atom is 0.261 e. The monoisotopic (exact) mass is 1550 g/mol. The molecule has 8 heterocycles. The Labute approximate surface area is 669 Å². The fraction of sp³-hybridized carbons (Fsp3) is 0.500. The van der Waals surface area contributed by atoms with E-state index in [4.69, 9.17) is 0 Å². The van der Waals surface area contributed by atoms with Gasteiger partial charge >= 0.3 is 0 Å². The molecule has 4 amide bonds. The molecule has 108 heavy (non-hydrogen) atoms. The lowest BCUT2D eigenvalue weighted by molar-refractivity contribution is 0.0563. The van der Waals surface area contributed by atoms with E-state index in [1.54, 1.807) is 77.8 Å². The van der Waals surface area contributed by atoms with E-state index in [-0.39, 0.29) is 35.5 Å². The summed E-state index contributed by atoms with van der Waals surface area (Å²) in [6.45, 7) is 9.97. The van der Waals surface area contributed by atoms with Crippen LogP contribution in [0.5, 0.6) is 0 Å². The number of amides is 4. The average molecular weight is 1560 g/mol. The Balaban J connectivity index is 0.910. The summed E-state index contributed by atoms with van der Waals surface area (Å²) in [7, 11) is 0. The molecule has 2 aliphatic heterocycles. The second kappa shape index (κ2) is 40.4. The van der Waals surface area contributed by atoms with Crippen LogP contribution in [0.2, 0.25) is 0 Å². The van der Waals surface area contributed by atoms with Gasteiger partial charge in [-0.1, -0.05) is 283 Å². The standard InChI is InChI=1S/C96H118N2O4S6/c1-5-9-13-17-21-25-27-31-35-39-45-67(43-37-33-29-23-19-15-11-7-3)65-97-93(99)71-51-49-69-88-74(78-54-56-84(106-78)86-60-58-82(108-86)80-48-42-62-104-80)64-76-90-72(94(100)98(96(76)102)66-68(44-38-34-30-24-20-16-12-8-4)46-40-36-32-28-26-22-18-14-10-6-2)52-50-70(92(88)90)87-73(63-75(95(97)101)89(71)91(69)87)77-53-55-83(105-77)85-59-57-81(107-85)79-47-41-61-103-79/h41-42,47-64,67-68H,5-40,43-46,65-66H2,1-4H3. The Hall–Kier alpha value is -6.12. The Bertz CT molecular complexity index is 4400. The van der Waals surface area contributed by atoms with Crippen LogP contribution in [0.15, 0.2) is 120 Å². The quantitative estimate of drug-likeness (QED) is 0.0165. The number of benzene rings is 5. The Kier molecular flexibility index (Phi) is 29.9. The lowest BCUT2D eigenvalue weighted by Gasteiger charge is -2.33. The first kappa shape index (κ1) is 79.9. The highest BCUT2D eigenvalue weighted by molar-refractivity contribution is 7.28. The van der Waals surface area contributed by atoms with Crippen LogP contribution in [-0.4, -0.2) is 46.5 Å². The molecule has 0 bridgehead atoms. The van der Waals surface area contributed by atoms with Gasteiger partial charge in [0.15, 0.2) is 0 Å². The highest BCUT2D eigenvalue weighted by Gasteiger charge is 2.40. The van der Waals surface area contributed by atoms with Crippen molar-refractivity contribution >= 4 is 135 Å². The van der Waals surface area contributed by atoms with Gasteiger partial charge in [0.2, 0.25) is 0 Å². The van der Waals surface area contributed by atoms with Gasteiger partial charge in [-0.15, -0.1) is 68.0 Å². The largest absolute Gasteiger partial charge is 0.274 e. The maximum atomic E-state index is 16.2. The predicted octanol–water partition coefficient (Wildman–Crippen LogP) is 32.2. The number of carbonyl (C=O) groups excluding carboxylic acids is 4. The fourth-order valence-electron chi connectivity index (χ4n) is 17.7. The van der Waals surface area contributed by atoms with Gasteiger partial charge in [0, 0.05) is 106 Å². The van der Waals surface area contributed by atoms with E-state index in [1.807, 2.05) is 12.1 Å². The Morgan fingerprint density at radius 1 is 0.250 bits per heavy atom. The fourth-order valence-corrected chi connectivity index (χ4v) is 23.6. The summed E-state index contributed by atoms with van der Waals surface area (Å²) in [5.74, 6) is -0.418. The zero-order chi connectivity index (χ0) is 74.6. The molecule has 0 spiro atoms. The van der Waals surface area contributed by atoms with Gasteiger partial charge in [-0.2, -0.15) is 0 Å². The highest BCUT2D eigenvalue weighted by Crippen LogP contribution is 2.55. The lowest BCUT2D eigenvalue weighted by atomic mass is 9.78. The van der Waals surface area contributed by atoms with Crippen LogP contribution in [0.3, 0.4) is 0 Å². The molecule has 6 nitrogen and oxygen atoms in total. The van der Waals surface area contributed by atoms with Crippen molar-refractivity contribution in [2.24, 2.45) is 11.8 Å². The summed E-state index contributed by atoms with van der Waals surface area (Å²) in [6, 6.07) is 39.2. The third-order valence-corrected chi connectivity index (χ3v) is 30.7. The minimum Gasteiger partial charge on any atom is -0.274 e. The van der Waals surface area contributed by atoms with E-state index < -0.39 is 0 Å². The highest BCUT2D eigenvalue weighted by atomic mass is 32.1. The summed E-state index contributed by atoms with van der Waals surface area (Å²) in [4.78, 5) is 79.2. The summed E-state index contributed by atoms with van der Waals surface area (Å²) in [5.41, 5.74) is 4.15. The number of rotatable bonds is 50. The van der Waals surface area contributed by atoms with E-state index >= 15 is 19.2 Å². The normalized spacial score (nSPS) is 13.8. The zero-order valence-electron chi connectivity index (χ0n) is 65.4. The molecular weight excluding hydrogens is 1440 g/mol. The van der Waals surface area contributed by atoms with Crippen molar-refractivity contribution in [3.63, 3.8) is 0 Å². The first-order chi connectivity index (χ1) is 53.2. The van der Waals surface area contributed by atoms with Gasteiger partial charge in [-0.3, -0.25) is 29.0 Å². The molecule has 12 heteroatoms. The number of unbranched alkanes of at least 4 members (excludes halogenated alkanes) is 32. The molecule has 2 atom stereocenters. The molecule has 5 aromatic carbocycles. The maximum absolute atomic E-state index is 16.2. The molecule has 0 saturated carbocycles. The van der Waals surface area contributed by atoms with Crippen LogP contribution in [0.25, 0.3) is 103 Å². The van der Waals surface area contributed by atoms with Gasteiger partial charge in [0.05, 0.1) is 0 Å². The van der Waals surface area contributed by atoms with Crippen molar-refractivity contribution in [2.45, 2.75) is 285 Å². The molecule has 6 aromatic heterocycles. The van der Waals surface area contributed by atoms with Crippen molar-refractivity contribution < 1.29 is 19.2 Å². The van der Waals surface area contributed by atoms with E-state index in [1.165, 1.54) is 235 Å². The Morgan fingerprint density at radius 3 is 0.796 bits per heavy atom. The minimum atomic E-state index is -0.209. The average Bonchev–Trinajstić information content (AvgIpc) is 0.816. The second-order valence-electron chi connectivity index (χ2n) is 31.8. The van der Waals surface area contributed by atoms with Crippen molar-refractivity contribution in [1.29, 1.82) is 0 Å². The minimum absolute atomic E-state index is 0.207. The van der Waals surface area contributed by atoms with Crippen LogP contribution >= 0.6 is 68.0 Å². The van der Waals surface area contributed by atoms with E-state index in [0.29, 0.717) is 46.1 Å². The van der Waals surface area contributed by atoms with Crippen molar-refractivity contribution in [2.75, 3.05) is 13.1 Å². The number of nitrogens with zero attached hydrogens (tertiary/aromatic N) is 2. The molecule has 0 N–H and O–H groups in total. The van der Waals surface area contributed by atoms with Crippen LogP contribution in [0, 0.1) is 11.8 Å². The van der Waals surface area contributed by atoms with E-state index in [0.717, 1.165) is 114 Å². The number of hydrogen-bond acceptors (Lipinski definition) is 10. The van der Waals surface area contributed by atoms with Crippen molar-refractivity contribution in [3.8, 4) is 59.9 Å². The predicted molar refractivity (Wildman–Crippen MR) is 473 cm³/mol. The summed E-state index contributed by atoms with van der Waals surface area (Å²) in [5, 5.41) is 11.2. The SMILES string of the molecule is CCCCCCCCCCCCC(CCCCCCCCCC)CN1C(=O)c2ccc3c4c(-c5ccc(-c6ccc(-c7cccs7)s6)s5)cc5c6c(ccc(c7c(-c8ccc(-c9ccc(-c%10cccs%10)s9)s8)cc(c2c37)C1=O)c64)C(=O)N(CC(CCCCCCCCCC)CCCCCCCCCCCC)C5=O. The third kappa shape index (κ3) is 19.1. The second-order valence-corrected chi connectivity index (χ2v) is 38.0. The van der Waals surface area contributed by atoms with Crippen LogP contribution in [0.1, 0.15) is 326 Å². The molecule has 572 valence electrons. The molecular formula is C96H118N2O4S6. The first-order valence-electron chi connectivity index (χ1n) is 42.7. The van der Waals surface area contributed by atoms with Crippen LogP contribution < -0.4 is 0 Å². The Morgan fingerprint density at radius 2 is 0.509 bits per heavy atom. The number of thiophene rings is 6. The zero-order valence-corrected chi connectivity index (χ0v) is 70.3. The number of carbonyl (C=O) groups is 4. The van der Waals surface area contributed by atoms with Gasteiger partial charge in [-0.05, 0) is 166 Å². The van der Waals surface area contributed by atoms with Gasteiger partial charge in [-0.25, -0.2) is 0 Å². The van der Waals surface area contributed by atoms with Crippen molar-refractivity contribution in [1.82, 2.24) is 9.80 Å². The molecule has 11 aromatic rings. The number of hydrogen-bond donors (Lipinski definition) is 0. The molecule has 0 radical (unpaired) electrons. The van der Waals surface area contributed by atoms with Gasteiger partial charge < -0.3 is 0 Å². The summed E-state index contributed by atoms with van der Waals surface area (Å²) in [6.07, 6.45) is 49.4. The molecule has 2 unspecified atom stereocenters. The van der Waals surface area contributed by atoms with Crippen LogP contribution in [-0.2, 0) is 0 Å². The van der Waals surface area contributed by atoms with Crippen LogP contribution in [0.4, 0.5) is 0 Å². The van der Waals surface area contributed by atoms with Crippen molar-refractivity contribution in [3.05, 3.63) is 142 Å². The number of fused-ring (bicyclic) bond motifs is 2. The molecule has 0 saturated heterocycles. The topological polar surface area (TPSA) is 74.8 Å². The van der Waals surface area contributed by atoms with Gasteiger partial charge in [0.25, 0.3) is 23.6 Å². The molecule has 13 rings (SSSR count). The third-order valence-electron chi connectivity index (χ3n) is 23.7. The number of imide groups is 2. The molecule has 0 aliphatic carbocycles.